The monoisotopic (exact) mass is 337 g/mol. The van der Waals surface area contributed by atoms with Gasteiger partial charge in [-0.15, -0.1) is 0 Å². The summed E-state index contributed by atoms with van der Waals surface area (Å²) in [6, 6.07) is 13.0. The second-order valence-electron chi connectivity index (χ2n) is 6.45. The Labute approximate surface area is 146 Å². The lowest BCUT2D eigenvalue weighted by molar-refractivity contribution is 0.126. The molecule has 3 heterocycles. The van der Waals surface area contributed by atoms with E-state index in [4.69, 9.17) is 4.52 Å². The van der Waals surface area contributed by atoms with Gasteiger partial charge in [0.15, 0.2) is 5.76 Å². The second kappa shape index (κ2) is 7.15. The molecule has 25 heavy (non-hydrogen) atoms. The Bertz CT molecular complexity index is 816. The minimum Gasteiger partial charge on any atom is -0.359 e. The molecule has 0 spiro atoms. The molecule has 0 amide bonds. The molecule has 0 saturated carbocycles. The highest BCUT2D eigenvalue weighted by molar-refractivity contribution is 5.57. The van der Waals surface area contributed by atoms with E-state index in [9.17, 15) is 4.39 Å². The molecule has 1 saturated heterocycles. The van der Waals surface area contributed by atoms with Gasteiger partial charge in [-0.05, 0) is 49.2 Å². The summed E-state index contributed by atoms with van der Waals surface area (Å²) in [5, 5.41) is 4.18. The van der Waals surface area contributed by atoms with Gasteiger partial charge in [-0.3, -0.25) is 9.88 Å². The molecule has 0 N–H and O–H groups in total. The zero-order valence-electron chi connectivity index (χ0n) is 13.9. The molecule has 4 nitrogen and oxygen atoms in total. The number of hydrogen-bond donors (Lipinski definition) is 0. The third-order valence-electron chi connectivity index (χ3n) is 4.76. The predicted molar refractivity (Wildman–Crippen MR) is 93.1 cm³/mol. The fourth-order valence-corrected chi connectivity index (χ4v) is 3.49. The molecule has 0 bridgehead atoms. The molecule has 0 radical (unpaired) electrons. The number of hydrogen-bond acceptors (Lipinski definition) is 4. The first-order valence-corrected chi connectivity index (χ1v) is 8.65. The Hall–Kier alpha value is -2.53. The van der Waals surface area contributed by atoms with E-state index in [1.807, 2.05) is 30.3 Å². The van der Waals surface area contributed by atoms with Crippen LogP contribution in [0.15, 0.2) is 59.4 Å². The van der Waals surface area contributed by atoms with Gasteiger partial charge in [0.05, 0.1) is 6.54 Å². The van der Waals surface area contributed by atoms with Gasteiger partial charge in [-0.25, -0.2) is 4.39 Å². The molecule has 4 rings (SSSR count). The fourth-order valence-electron chi connectivity index (χ4n) is 3.49. The Kier molecular flexibility index (Phi) is 4.57. The first-order chi connectivity index (χ1) is 12.3. The number of aromatic nitrogens is 2. The number of pyridine rings is 1. The van der Waals surface area contributed by atoms with Crippen LogP contribution in [0.1, 0.15) is 36.6 Å². The van der Waals surface area contributed by atoms with Gasteiger partial charge < -0.3 is 4.52 Å². The van der Waals surface area contributed by atoms with Crippen molar-refractivity contribution in [3.05, 3.63) is 72.0 Å². The van der Waals surface area contributed by atoms with Crippen molar-refractivity contribution >= 4 is 0 Å². The quantitative estimate of drug-likeness (QED) is 0.697. The van der Waals surface area contributed by atoms with Gasteiger partial charge >= 0.3 is 0 Å². The topological polar surface area (TPSA) is 42.2 Å². The van der Waals surface area contributed by atoms with Crippen LogP contribution < -0.4 is 0 Å². The van der Waals surface area contributed by atoms with Crippen molar-refractivity contribution in [2.45, 2.75) is 31.8 Å². The third-order valence-corrected chi connectivity index (χ3v) is 4.76. The minimum atomic E-state index is -0.191. The van der Waals surface area contributed by atoms with Crippen LogP contribution in [-0.4, -0.2) is 21.6 Å². The summed E-state index contributed by atoms with van der Waals surface area (Å²) < 4.78 is 18.8. The largest absolute Gasteiger partial charge is 0.359 e. The molecular formula is C20H20FN3O. The van der Waals surface area contributed by atoms with Gasteiger partial charge in [-0.1, -0.05) is 23.7 Å². The molecule has 3 aromatic rings. The van der Waals surface area contributed by atoms with Gasteiger partial charge in [0.1, 0.15) is 11.5 Å². The Balaban J connectivity index is 1.52. The Morgan fingerprint density at radius 1 is 1.08 bits per heavy atom. The molecule has 1 atom stereocenters. The van der Waals surface area contributed by atoms with Gasteiger partial charge in [0, 0.05) is 30.1 Å². The molecule has 0 aliphatic carbocycles. The predicted octanol–water partition coefficient (Wildman–Crippen LogP) is 4.60. The number of nitrogens with zero attached hydrogens (tertiary/aromatic N) is 3. The van der Waals surface area contributed by atoms with E-state index < -0.39 is 0 Å². The summed E-state index contributed by atoms with van der Waals surface area (Å²) in [5.41, 5.74) is 2.99. The standard InChI is InChI=1S/C20H20FN3O/c21-17-6-4-16(5-7-17)20-3-1-2-12-24(20)14-18-13-19(23-25-18)15-8-10-22-11-9-15/h4-11,13,20H,1-3,12,14H2. The van der Waals surface area contributed by atoms with Crippen LogP contribution in [0.25, 0.3) is 11.3 Å². The zero-order valence-corrected chi connectivity index (χ0v) is 13.9. The lowest BCUT2D eigenvalue weighted by atomic mass is 9.95. The summed E-state index contributed by atoms with van der Waals surface area (Å²) in [4.78, 5) is 6.42. The highest BCUT2D eigenvalue weighted by Crippen LogP contribution is 2.32. The second-order valence-corrected chi connectivity index (χ2v) is 6.45. The van der Waals surface area contributed by atoms with E-state index in [0.717, 1.165) is 35.5 Å². The maximum absolute atomic E-state index is 13.2. The first-order valence-electron chi connectivity index (χ1n) is 8.65. The minimum absolute atomic E-state index is 0.191. The number of halogens is 1. The molecule has 1 aliphatic rings. The smallest absolute Gasteiger partial charge is 0.151 e. The van der Waals surface area contributed by atoms with Crippen LogP contribution >= 0.6 is 0 Å². The SMILES string of the molecule is Fc1ccc(C2CCCCN2Cc2cc(-c3ccncc3)no2)cc1. The number of benzene rings is 1. The number of piperidine rings is 1. The van der Waals surface area contributed by atoms with Crippen LogP contribution in [0, 0.1) is 5.82 Å². The summed E-state index contributed by atoms with van der Waals surface area (Å²) in [6.45, 7) is 1.72. The molecule has 1 aromatic carbocycles. The maximum Gasteiger partial charge on any atom is 0.151 e. The van der Waals surface area contributed by atoms with Gasteiger partial charge in [-0.2, -0.15) is 0 Å². The van der Waals surface area contributed by atoms with Crippen LogP contribution in [-0.2, 0) is 6.54 Å². The van der Waals surface area contributed by atoms with Gasteiger partial charge in [0.25, 0.3) is 0 Å². The van der Waals surface area contributed by atoms with Crippen molar-refractivity contribution < 1.29 is 8.91 Å². The van der Waals surface area contributed by atoms with E-state index in [-0.39, 0.29) is 5.82 Å². The normalized spacial score (nSPS) is 18.4. The summed E-state index contributed by atoms with van der Waals surface area (Å²) >= 11 is 0. The summed E-state index contributed by atoms with van der Waals surface area (Å²) in [5.74, 6) is 0.657. The lowest BCUT2D eigenvalue weighted by Gasteiger charge is -2.35. The average molecular weight is 337 g/mol. The van der Waals surface area contributed by atoms with E-state index in [1.54, 1.807) is 12.4 Å². The molecule has 128 valence electrons. The van der Waals surface area contributed by atoms with Gasteiger partial charge in [0.2, 0.25) is 0 Å². The van der Waals surface area contributed by atoms with Crippen LogP contribution in [0.3, 0.4) is 0 Å². The van der Waals surface area contributed by atoms with Crippen molar-refractivity contribution in [1.29, 1.82) is 0 Å². The molecule has 1 fully saturated rings. The van der Waals surface area contributed by atoms with E-state index in [1.165, 1.54) is 25.0 Å². The van der Waals surface area contributed by atoms with E-state index in [2.05, 4.69) is 15.0 Å². The maximum atomic E-state index is 13.2. The molecule has 2 aromatic heterocycles. The van der Waals surface area contributed by atoms with E-state index >= 15 is 0 Å². The van der Waals surface area contributed by atoms with Crippen molar-refractivity contribution in [2.24, 2.45) is 0 Å². The molecule has 5 heteroatoms. The van der Waals surface area contributed by atoms with E-state index in [0.29, 0.717) is 12.6 Å². The number of rotatable bonds is 4. The molecule has 1 aliphatic heterocycles. The summed E-state index contributed by atoms with van der Waals surface area (Å²) in [6.07, 6.45) is 6.94. The van der Waals surface area contributed by atoms with Crippen molar-refractivity contribution in [2.75, 3.05) is 6.54 Å². The highest BCUT2D eigenvalue weighted by atomic mass is 19.1. The first kappa shape index (κ1) is 16.0. The van der Waals surface area contributed by atoms with Crippen LogP contribution in [0.5, 0.6) is 0 Å². The van der Waals surface area contributed by atoms with Crippen molar-refractivity contribution in [1.82, 2.24) is 15.0 Å². The molecule has 1 unspecified atom stereocenters. The van der Waals surface area contributed by atoms with Crippen molar-refractivity contribution in [3.63, 3.8) is 0 Å². The highest BCUT2D eigenvalue weighted by Gasteiger charge is 2.25. The Morgan fingerprint density at radius 3 is 2.68 bits per heavy atom. The van der Waals surface area contributed by atoms with Crippen LogP contribution in [0.2, 0.25) is 0 Å². The molecular weight excluding hydrogens is 317 g/mol. The average Bonchev–Trinajstić information content (AvgIpc) is 3.12. The summed E-state index contributed by atoms with van der Waals surface area (Å²) in [7, 11) is 0. The number of likely N-dealkylation sites (tertiary alicyclic amines) is 1. The fraction of sp³-hybridized carbons (Fsp3) is 0.300. The van der Waals surface area contributed by atoms with Crippen LogP contribution in [0.4, 0.5) is 4.39 Å². The third kappa shape index (κ3) is 3.61. The van der Waals surface area contributed by atoms with Crippen molar-refractivity contribution in [3.8, 4) is 11.3 Å². The lowest BCUT2D eigenvalue weighted by Crippen LogP contribution is -2.32. The Morgan fingerprint density at radius 2 is 1.88 bits per heavy atom. The zero-order chi connectivity index (χ0) is 17.1.